The van der Waals surface area contributed by atoms with Crippen LogP contribution >= 0.6 is 0 Å². The van der Waals surface area contributed by atoms with Gasteiger partial charge in [-0.2, -0.15) is 0 Å². The third-order valence-electron chi connectivity index (χ3n) is 0.772. The van der Waals surface area contributed by atoms with E-state index in [9.17, 15) is 4.79 Å². The van der Waals surface area contributed by atoms with E-state index in [1.54, 1.807) is 6.92 Å². The molecule has 1 atom stereocenters. The molecule has 56 valence electrons. The van der Waals surface area contributed by atoms with Gasteiger partial charge in [-0.05, 0) is 6.92 Å². The van der Waals surface area contributed by atoms with E-state index in [4.69, 9.17) is 11.6 Å². The molecule has 4 heteroatoms. The van der Waals surface area contributed by atoms with E-state index in [-0.39, 0.29) is 12.5 Å². The third kappa shape index (κ3) is 5.09. The van der Waals surface area contributed by atoms with Crippen molar-refractivity contribution in [3.8, 4) is 11.8 Å². The summed E-state index contributed by atoms with van der Waals surface area (Å²) in [6.07, 6.45) is -0.299. The van der Waals surface area contributed by atoms with Crippen molar-refractivity contribution in [1.29, 1.82) is 0 Å². The lowest BCUT2D eigenvalue weighted by Gasteiger charge is -1.95. The molecular formula is C6H10N2O2. The van der Waals surface area contributed by atoms with E-state index in [1.165, 1.54) is 0 Å². The van der Waals surface area contributed by atoms with Gasteiger partial charge in [0.05, 0.1) is 6.42 Å². The van der Waals surface area contributed by atoms with Crippen LogP contribution in [0.25, 0.3) is 0 Å². The minimum atomic E-state index is -0.447. The quantitative estimate of drug-likeness (QED) is 0.389. The predicted molar refractivity (Wildman–Crippen MR) is 36.3 cm³/mol. The van der Waals surface area contributed by atoms with Crippen molar-refractivity contribution in [2.75, 3.05) is 0 Å². The van der Waals surface area contributed by atoms with Crippen molar-refractivity contribution >= 4 is 5.91 Å². The Kier molecular flexibility index (Phi) is 4.29. The van der Waals surface area contributed by atoms with E-state index in [0.29, 0.717) is 0 Å². The van der Waals surface area contributed by atoms with E-state index in [1.807, 2.05) is 0 Å². The van der Waals surface area contributed by atoms with Gasteiger partial charge in [0.2, 0.25) is 5.91 Å². The molecule has 1 amide bonds. The molecule has 0 spiro atoms. The summed E-state index contributed by atoms with van der Waals surface area (Å²) in [5.74, 6) is 9.39. The summed E-state index contributed by atoms with van der Waals surface area (Å²) in [7, 11) is 0. The number of nitrogens with two attached hydrogens (primary N) is 2. The summed E-state index contributed by atoms with van der Waals surface area (Å²) in [5, 5.41) is 0. The van der Waals surface area contributed by atoms with Gasteiger partial charge in [0.1, 0.15) is 6.10 Å². The molecule has 4 N–H and O–H groups in total. The Balaban J connectivity index is 3.58. The zero-order valence-corrected chi connectivity index (χ0v) is 5.76. The number of carbonyl (C=O) groups is 1. The molecule has 0 aliphatic heterocycles. The number of primary amides is 1. The maximum Gasteiger partial charge on any atom is 0.229 e. The first-order valence-electron chi connectivity index (χ1n) is 2.79. The van der Waals surface area contributed by atoms with Crippen LogP contribution in [-0.4, -0.2) is 12.0 Å². The standard InChI is InChI=1S/C6H10N2O2/c1-5(10-8)3-2-4-6(7)9/h5H,4,8H2,1H3,(H2,7,9). The Hall–Kier alpha value is -1.05. The highest BCUT2D eigenvalue weighted by Gasteiger charge is 1.90. The fraction of sp³-hybridized carbons (Fsp3) is 0.500. The van der Waals surface area contributed by atoms with Crippen LogP contribution in [0.3, 0.4) is 0 Å². The molecule has 0 bridgehead atoms. The maximum absolute atomic E-state index is 10.1. The second-order valence-corrected chi connectivity index (χ2v) is 1.74. The van der Waals surface area contributed by atoms with Gasteiger partial charge in [0.25, 0.3) is 0 Å². The smallest absolute Gasteiger partial charge is 0.229 e. The van der Waals surface area contributed by atoms with Gasteiger partial charge in [0, 0.05) is 0 Å². The van der Waals surface area contributed by atoms with Crippen molar-refractivity contribution in [3.05, 3.63) is 0 Å². The Bertz CT molecular complexity index is 168. The zero-order chi connectivity index (χ0) is 7.98. The molecular weight excluding hydrogens is 132 g/mol. The Morgan fingerprint density at radius 1 is 1.80 bits per heavy atom. The summed E-state index contributed by atoms with van der Waals surface area (Å²) in [5.41, 5.74) is 4.81. The molecule has 0 heterocycles. The lowest BCUT2D eigenvalue weighted by Crippen LogP contribution is -2.11. The van der Waals surface area contributed by atoms with Crippen LogP contribution in [0.1, 0.15) is 13.3 Å². The summed E-state index contributed by atoms with van der Waals surface area (Å²) in [6.45, 7) is 1.67. The minimum Gasteiger partial charge on any atom is -0.369 e. The molecule has 0 aliphatic rings. The highest BCUT2D eigenvalue weighted by atomic mass is 16.6. The van der Waals surface area contributed by atoms with Gasteiger partial charge < -0.3 is 5.73 Å². The van der Waals surface area contributed by atoms with Crippen LogP contribution in [0.4, 0.5) is 0 Å². The van der Waals surface area contributed by atoms with Gasteiger partial charge in [-0.3, -0.25) is 9.63 Å². The van der Waals surface area contributed by atoms with E-state index < -0.39 is 5.91 Å². The normalized spacial score (nSPS) is 11.4. The summed E-state index contributed by atoms with van der Waals surface area (Å²) >= 11 is 0. The van der Waals surface area contributed by atoms with Crippen LogP contribution in [0.15, 0.2) is 0 Å². The first-order chi connectivity index (χ1) is 4.66. The summed E-state index contributed by atoms with van der Waals surface area (Å²) in [6, 6.07) is 0. The van der Waals surface area contributed by atoms with Crippen LogP contribution in [0.5, 0.6) is 0 Å². The molecule has 1 unspecified atom stereocenters. The van der Waals surface area contributed by atoms with Crippen molar-refractivity contribution < 1.29 is 9.63 Å². The zero-order valence-electron chi connectivity index (χ0n) is 5.76. The van der Waals surface area contributed by atoms with Crippen LogP contribution < -0.4 is 11.6 Å². The molecule has 0 saturated heterocycles. The number of carbonyl (C=O) groups excluding carboxylic acids is 1. The van der Waals surface area contributed by atoms with Gasteiger partial charge in [0.15, 0.2) is 0 Å². The molecule has 4 nitrogen and oxygen atoms in total. The highest BCUT2D eigenvalue weighted by Crippen LogP contribution is 1.80. The van der Waals surface area contributed by atoms with E-state index in [2.05, 4.69) is 16.7 Å². The highest BCUT2D eigenvalue weighted by molar-refractivity contribution is 5.76. The largest absolute Gasteiger partial charge is 0.369 e. The van der Waals surface area contributed by atoms with Gasteiger partial charge >= 0.3 is 0 Å². The van der Waals surface area contributed by atoms with Crippen molar-refractivity contribution in [1.82, 2.24) is 0 Å². The number of hydrogen-bond donors (Lipinski definition) is 2. The molecule has 0 radical (unpaired) electrons. The Labute approximate surface area is 59.5 Å². The van der Waals surface area contributed by atoms with Gasteiger partial charge in [-0.15, -0.1) is 0 Å². The minimum absolute atomic E-state index is 0.0493. The number of hydrogen-bond acceptors (Lipinski definition) is 3. The molecule has 0 aliphatic carbocycles. The monoisotopic (exact) mass is 142 g/mol. The molecule has 0 rings (SSSR count). The van der Waals surface area contributed by atoms with Gasteiger partial charge in [-0.1, -0.05) is 11.8 Å². The maximum atomic E-state index is 10.1. The van der Waals surface area contributed by atoms with Crippen molar-refractivity contribution in [2.45, 2.75) is 19.4 Å². The molecule has 10 heavy (non-hydrogen) atoms. The lowest BCUT2D eigenvalue weighted by atomic mass is 10.3. The molecule has 0 aromatic carbocycles. The molecule has 0 fully saturated rings. The topological polar surface area (TPSA) is 78.3 Å². The van der Waals surface area contributed by atoms with Crippen LogP contribution in [0.2, 0.25) is 0 Å². The molecule has 0 saturated carbocycles. The SMILES string of the molecule is CC(C#CCC(N)=O)ON. The van der Waals surface area contributed by atoms with Crippen LogP contribution in [0, 0.1) is 11.8 Å². The number of amides is 1. The first kappa shape index (κ1) is 8.95. The first-order valence-corrected chi connectivity index (χ1v) is 2.79. The molecule has 0 aromatic rings. The second kappa shape index (κ2) is 4.79. The van der Waals surface area contributed by atoms with Crippen LogP contribution in [-0.2, 0) is 9.63 Å². The average Bonchev–Trinajstić information content (AvgIpc) is 1.87. The fourth-order valence-electron chi connectivity index (χ4n) is 0.316. The van der Waals surface area contributed by atoms with E-state index >= 15 is 0 Å². The van der Waals surface area contributed by atoms with Crippen molar-refractivity contribution in [2.24, 2.45) is 11.6 Å². The Morgan fingerprint density at radius 2 is 2.40 bits per heavy atom. The summed E-state index contributed by atoms with van der Waals surface area (Å²) < 4.78 is 0. The lowest BCUT2D eigenvalue weighted by molar-refractivity contribution is -0.117. The Morgan fingerprint density at radius 3 is 2.80 bits per heavy atom. The summed E-state index contributed by atoms with van der Waals surface area (Å²) in [4.78, 5) is 14.4. The number of rotatable bonds is 2. The van der Waals surface area contributed by atoms with Gasteiger partial charge in [-0.25, -0.2) is 5.90 Å². The average molecular weight is 142 g/mol. The van der Waals surface area contributed by atoms with Crippen molar-refractivity contribution in [3.63, 3.8) is 0 Å². The third-order valence-corrected chi connectivity index (χ3v) is 0.772. The van der Waals surface area contributed by atoms with E-state index in [0.717, 1.165) is 0 Å². The fourth-order valence-corrected chi connectivity index (χ4v) is 0.316. The molecule has 0 aromatic heterocycles. The second-order valence-electron chi connectivity index (χ2n) is 1.74. The predicted octanol–water partition coefficient (Wildman–Crippen LogP) is -0.856.